The molecule has 4 nitrogen and oxygen atoms in total. The van der Waals surface area contributed by atoms with Gasteiger partial charge in [-0.25, -0.2) is 4.90 Å². The highest BCUT2D eigenvalue weighted by Gasteiger charge is 2.47. The van der Waals surface area contributed by atoms with Crippen LogP contribution in [0.25, 0.3) is 0 Å². The lowest BCUT2D eigenvalue weighted by molar-refractivity contribution is -0.122. The van der Waals surface area contributed by atoms with Crippen LogP contribution in [0.5, 0.6) is 0 Å². The Labute approximate surface area is 133 Å². The Morgan fingerprint density at radius 2 is 1.45 bits per heavy atom. The third-order valence-corrected chi connectivity index (χ3v) is 5.14. The predicted octanol–water partition coefficient (Wildman–Crippen LogP) is 3.25. The molecule has 2 atom stereocenters. The van der Waals surface area contributed by atoms with E-state index in [-0.39, 0.29) is 23.7 Å². The van der Waals surface area contributed by atoms with Gasteiger partial charge in [0.2, 0.25) is 11.8 Å². The van der Waals surface area contributed by atoms with Crippen molar-refractivity contribution in [1.29, 1.82) is 0 Å². The average molecular weight is 400 g/mol. The Bertz CT molecular complexity index is 593. The van der Waals surface area contributed by atoms with Crippen LogP contribution in [0.15, 0.2) is 33.2 Å². The molecule has 0 aromatic heterocycles. The van der Waals surface area contributed by atoms with E-state index in [1.54, 1.807) is 12.1 Å². The van der Waals surface area contributed by atoms with Gasteiger partial charge in [0, 0.05) is 8.95 Å². The molecule has 0 bridgehead atoms. The molecule has 104 valence electrons. The average Bonchev–Trinajstić information content (AvgIpc) is 2.68. The number of anilines is 2. The number of imide groups is 1. The monoisotopic (exact) mass is 398 g/mol. The van der Waals surface area contributed by atoms with Crippen molar-refractivity contribution in [3.05, 3.63) is 33.2 Å². The van der Waals surface area contributed by atoms with Crippen LogP contribution in [0.2, 0.25) is 0 Å². The third kappa shape index (κ3) is 2.02. The second-order valence-corrected chi connectivity index (χ2v) is 6.70. The number of hydrogen-bond acceptors (Lipinski definition) is 3. The smallest absolute Gasteiger partial charge is 0.238 e. The summed E-state index contributed by atoms with van der Waals surface area (Å²) in [5, 5.41) is 0. The number of nitrogens with zero attached hydrogens (tertiary/aromatic N) is 1. The van der Waals surface area contributed by atoms with Gasteiger partial charge in [-0.1, -0.05) is 12.2 Å². The first-order valence-corrected chi connectivity index (χ1v) is 7.86. The van der Waals surface area contributed by atoms with Gasteiger partial charge in [-0.05, 0) is 56.8 Å². The van der Waals surface area contributed by atoms with Crippen molar-refractivity contribution in [1.82, 2.24) is 0 Å². The molecule has 0 saturated carbocycles. The first kappa shape index (κ1) is 13.8. The van der Waals surface area contributed by atoms with Gasteiger partial charge in [-0.15, -0.1) is 0 Å². The number of carbonyl (C=O) groups is 2. The molecule has 1 saturated heterocycles. The molecule has 1 heterocycles. The number of fused-ring (bicyclic) bond motifs is 1. The Hall–Kier alpha value is -1.14. The van der Waals surface area contributed by atoms with E-state index in [2.05, 4.69) is 31.9 Å². The van der Waals surface area contributed by atoms with E-state index in [1.165, 1.54) is 4.90 Å². The van der Waals surface area contributed by atoms with E-state index < -0.39 is 0 Å². The summed E-state index contributed by atoms with van der Waals surface area (Å²) in [5.41, 5.74) is 6.95. The minimum absolute atomic E-state index is 0.118. The summed E-state index contributed by atoms with van der Waals surface area (Å²) < 4.78 is 1.32. The fourth-order valence-electron chi connectivity index (χ4n) is 2.75. The molecule has 1 fully saturated rings. The summed E-state index contributed by atoms with van der Waals surface area (Å²) in [6.45, 7) is 0. The lowest BCUT2D eigenvalue weighted by Crippen LogP contribution is -2.30. The second kappa shape index (κ2) is 5.00. The number of nitrogens with two attached hydrogens (primary N) is 1. The van der Waals surface area contributed by atoms with E-state index in [0.717, 1.165) is 0 Å². The zero-order valence-corrected chi connectivity index (χ0v) is 13.6. The molecular weight excluding hydrogens is 388 g/mol. The van der Waals surface area contributed by atoms with Gasteiger partial charge in [0.15, 0.2) is 0 Å². The first-order chi connectivity index (χ1) is 9.50. The van der Waals surface area contributed by atoms with Gasteiger partial charge in [-0.3, -0.25) is 9.59 Å². The molecule has 1 aromatic rings. The van der Waals surface area contributed by atoms with E-state index in [1.807, 2.05) is 12.2 Å². The van der Waals surface area contributed by atoms with Crippen LogP contribution in [-0.2, 0) is 9.59 Å². The molecule has 1 aliphatic carbocycles. The highest BCUT2D eigenvalue weighted by Crippen LogP contribution is 2.40. The van der Waals surface area contributed by atoms with Crippen molar-refractivity contribution in [2.45, 2.75) is 12.8 Å². The number of allylic oxidation sites excluding steroid dienone is 2. The molecule has 2 amide bonds. The number of halogens is 2. The third-order valence-electron chi connectivity index (χ3n) is 3.83. The maximum atomic E-state index is 12.5. The molecule has 20 heavy (non-hydrogen) atoms. The van der Waals surface area contributed by atoms with E-state index in [0.29, 0.717) is 33.2 Å². The zero-order chi connectivity index (χ0) is 14.4. The summed E-state index contributed by atoms with van der Waals surface area (Å²) in [6.07, 6.45) is 5.24. The van der Waals surface area contributed by atoms with E-state index in [9.17, 15) is 9.59 Å². The molecule has 1 aliphatic heterocycles. The highest BCUT2D eigenvalue weighted by atomic mass is 79.9. The van der Waals surface area contributed by atoms with Crippen LogP contribution < -0.4 is 10.6 Å². The van der Waals surface area contributed by atoms with Crippen LogP contribution in [0.3, 0.4) is 0 Å². The predicted molar refractivity (Wildman–Crippen MR) is 84.1 cm³/mol. The maximum Gasteiger partial charge on any atom is 0.238 e. The molecule has 6 heteroatoms. The van der Waals surface area contributed by atoms with E-state index in [4.69, 9.17) is 5.73 Å². The minimum Gasteiger partial charge on any atom is -0.397 e. The van der Waals surface area contributed by atoms with Crippen LogP contribution in [0, 0.1) is 11.8 Å². The summed E-state index contributed by atoms with van der Waals surface area (Å²) in [4.78, 5) is 26.2. The topological polar surface area (TPSA) is 63.4 Å². The number of hydrogen-bond donors (Lipinski definition) is 1. The Morgan fingerprint density at radius 3 is 1.90 bits per heavy atom. The highest BCUT2D eigenvalue weighted by molar-refractivity contribution is 9.11. The van der Waals surface area contributed by atoms with Crippen molar-refractivity contribution in [3.63, 3.8) is 0 Å². The fraction of sp³-hybridized carbons (Fsp3) is 0.286. The van der Waals surface area contributed by atoms with Crippen LogP contribution in [0.4, 0.5) is 11.4 Å². The molecule has 0 spiro atoms. The summed E-state index contributed by atoms with van der Waals surface area (Å²) in [6, 6.07) is 3.42. The maximum absolute atomic E-state index is 12.5. The number of benzene rings is 1. The molecule has 2 aliphatic rings. The number of rotatable bonds is 1. The molecule has 2 unspecified atom stereocenters. The van der Waals surface area contributed by atoms with Gasteiger partial charge < -0.3 is 5.73 Å². The minimum atomic E-state index is -0.220. The van der Waals surface area contributed by atoms with Crippen molar-refractivity contribution in [3.8, 4) is 0 Å². The van der Waals surface area contributed by atoms with Crippen LogP contribution in [-0.4, -0.2) is 11.8 Å². The molecule has 2 N–H and O–H groups in total. The lowest BCUT2D eigenvalue weighted by Gasteiger charge is -2.16. The summed E-state index contributed by atoms with van der Waals surface area (Å²) in [5.74, 6) is -0.675. The van der Waals surface area contributed by atoms with Gasteiger partial charge in [0.05, 0.1) is 23.2 Å². The van der Waals surface area contributed by atoms with Gasteiger partial charge in [-0.2, -0.15) is 0 Å². The molecule has 0 radical (unpaired) electrons. The molecule has 3 rings (SSSR count). The van der Waals surface area contributed by atoms with Crippen LogP contribution in [0.1, 0.15) is 12.8 Å². The summed E-state index contributed by atoms with van der Waals surface area (Å²) in [7, 11) is 0. The van der Waals surface area contributed by atoms with Crippen molar-refractivity contribution in [2.24, 2.45) is 11.8 Å². The number of amides is 2. The fourth-order valence-corrected chi connectivity index (χ4v) is 3.92. The van der Waals surface area contributed by atoms with E-state index >= 15 is 0 Å². The van der Waals surface area contributed by atoms with Crippen molar-refractivity contribution < 1.29 is 9.59 Å². The van der Waals surface area contributed by atoms with Crippen LogP contribution >= 0.6 is 31.9 Å². The largest absolute Gasteiger partial charge is 0.397 e. The van der Waals surface area contributed by atoms with Gasteiger partial charge in [0.25, 0.3) is 0 Å². The normalized spacial score (nSPS) is 25.2. The zero-order valence-electron chi connectivity index (χ0n) is 10.5. The number of nitrogen functional groups attached to an aromatic ring is 1. The Kier molecular flexibility index (Phi) is 3.46. The molecular formula is C14H12Br2N2O2. The lowest BCUT2D eigenvalue weighted by atomic mass is 9.85. The molecule has 1 aromatic carbocycles. The number of carbonyl (C=O) groups excluding carboxylic acids is 2. The first-order valence-electron chi connectivity index (χ1n) is 6.28. The Morgan fingerprint density at radius 1 is 1.00 bits per heavy atom. The van der Waals surface area contributed by atoms with Gasteiger partial charge in [0.1, 0.15) is 0 Å². The standard InChI is InChI=1S/C14H12Br2N2O2/c15-10-5-7(6-11(16)12(10)17)18-13(19)8-3-1-2-4-9(8)14(18)20/h1-2,5-6,8-9H,3-4,17H2. The Balaban J connectivity index is 2.03. The SMILES string of the molecule is Nc1c(Br)cc(N2C(=O)C3CC=CCC3C2=O)cc1Br. The van der Waals surface area contributed by atoms with Crippen molar-refractivity contribution >= 4 is 55.0 Å². The summed E-state index contributed by atoms with van der Waals surface area (Å²) >= 11 is 6.69. The second-order valence-electron chi connectivity index (χ2n) is 4.99. The quantitative estimate of drug-likeness (QED) is 0.448. The van der Waals surface area contributed by atoms with Crippen molar-refractivity contribution in [2.75, 3.05) is 10.6 Å². The van der Waals surface area contributed by atoms with Gasteiger partial charge >= 0.3 is 0 Å².